The molecule has 1 atom stereocenters. The Kier molecular flexibility index (Phi) is 4.67. The molecule has 1 N–H and O–H groups in total. The Morgan fingerprint density at radius 1 is 1.17 bits per heavy atom. The van der Waals surface area contributed by atoms with E-state index in [9.17, 15) is 4.79 Å². The van der Waals surface area contributed by atoms with Crippen molar-refractivity contribution in [3.05, 3.63) is 52.2 Å². The maximum atomic E-state index is 12.9. The molecule has 2 heterocycles. The molecule has 1 unspecified atom stereocenters. The minimum atomic E-state index is -0.0364. The molecular formula is C20H22N2OS. The molecule has 0 bridgehead atoms. The summed E-state index contributed by atoms with van der Waals surface area (Å²) in [5, 5.41) is 8.10. The molecule has 2 aromatic heterocycles. The zero-order valence-corrected chi connectivity index (χ0v) is 15.3. The van der Waals surface area contributed by atoms with Gasteiger partial charge < -0.3 is 5.32 Å². The summed E-state index contributed by atoms with van der Waals surface area (Å²) in [7, 11) is 0. The quantitative estimate of drug-likeness (QED) is 0.723. The largest absolute Gasteiger partial charge is 0.349 e. The number of carbonyl (C=O) groups excluding carboxylic acids is 1. The third-order valence-corrected chi connectivity index (χ3v) is 5.07. The molecule has 124 valence electrons. The molecule has 0 aliphatic carbocycles. The number of amides is 1. The summed E-state index contributed by atoms with van der Waals surface area (Å²) in [6.45, 7) is 8.29. The van der Waals surface area contributed by atoms with Crippen molar-refractivity contribution in [2.75, 3.05) is 0 Å². The SMILES string of the molecule is Cc1ccc2nc(-c3ccsc3)cc(C(=O)NC(C)C(C)C)c2c1. The second kappa shape index (κ2) is 6.73. The monoisotopic (exact) mass is 338 g/mol. The van der Waals surface area contributed by atoms with E-state index in [1.165, 1.54) is 0 Å². The molecule has 1 amide bonds. The first-order chi connectivity index (χ1) is 11.5. The number of nitrogens with zero attached hydrogens (tertiary/aromatic N) is 1. The number of aromatic nitrogens is 1. The van der Waals surface area contributed by atoms with Gasteiger partial charge in [0.25, 0.3) is 5.91 Å². The fraction of sp³-hybridized carbons (Fsp3) is 0.300. The van der Waals surface area contributed by atoms with Crippen LogP contribution in [0.25, 0.3) is 22.2 Å². The lowest BCUT2D eigenvalue weighted by atomic mass is 10.0. The molecule has 0 saturated carbocycles. The minimum absolute atomic E-state index is 0.0364. The van der Waals surface area contributed by atoms with E-state index in [0.717, 1.165) is 27.7 Å². The molecule has 0 aliphatic heterocycles. The van der Waals surface area contributed by atoms with Gasteiger partial charge in [0.15, 0.2) is 0 Å². The minimum Gasteiger partial charge on any atom is -0.349 e. The van der Waals surface area contributed by atoms with Gasteiger partial charge in [-0.3, -0.25) is 4.79 Å². The van der Waals surface area contributed by atoms with E-state index < -0.39 is 0 Å². The Bertz CT molecular complexity index is 869. The Balaban J connectivity index is 2.13. The van der Waals surface area contributed by atoms with Crippen LogP contribution in [0.1, 0.15) is 36.7 Å². The maximum Gasteiger partial charge on any atom is 0.252 e. The van der Waals surface area contributed by atoms with Gasteiger partial charge in [0.1, 0.15) is 0 Å². The fourth-order valence-corrected chi connectivity index (χ4v) is 3.19. The smallest absolute Gasteiger partial charge is 0.252 e. The van der Waals surface area contributed by atoms with E-state index in [4.69, 9.17) is 4.98 Å². The van der Waals surface area contributed by atoms with Crippen molar-refractivity contribution in [2.45, 2.75) is 33.7 Å². The normalized spacial score (nSPS) is 12.5. The van der Waals surface area contributed by atoms with Gasteiger partial charge >= 0.3 is 0 Å². The van der Waals surface area contributed by atoms with Crippen LogP contribution in [0.5, 0.6) is 0 Å². The zero-order chi connectivity index (χ0) is 17.3. The predicted molar refractivity (Wildman–Crippen MR) is 102 cm³/mol. The molecule has 0 radical (unpaired) electrons. The molecule has 3 rings (SSSR count). The summed E-state index contributed by atoms with van der Waals surface area (Å²) in [4.78, 5) is 17.6. The fourth-order valence-electron chi connectivity index (χ4n) is 2.54. The third kappa shape index (κ3) is 3.34. The van der Waals surface area contributed by atoms with Crippen LogP contribution >= 0.6 is 11.3 Å². The van der Waals surface area contributed by atoms with Gasteiger partial charge in [0, 0.05) is 22.4 Å². The van der Waals surface area contributed by atoms with Crippen LogP contribution in [-0.4, -0.2) is 16.9 Å². The lowest BCUT2D eigenvalue weighted by Gasteiger charge is -2.18. The summed E-state index contributed by atoms with van der Waals surface area (Å²) >= 11 is 1.63. The van der Waals surface area contributed by atoms with Crippen LogP contribution < -0.4 is 5.32 Å². The van der Waals surface area contributed by atoms with Crippen LogP contribution in [0.15, 0.2) is 41.1 Å². The third-order valence-electron chi connectivity index (χ3n) is 4.38. The van der Waals surface area contributed by atoms with Gasteiger partial charge in [-0.25, -0.2) is 4.98 Å². The highest BCUT2D eigenvalue weighted by atomic mass is 32.1. The molecule has 0 spiro atoms. The molecule has 24 heavy (non-hydrogen) atoms. The summed E-state index contributed by atoms with van der Waals surface area (Å²) in [5.41, 5.74) is 4.56. The van der Waals surface area contributed by atoms with Crippen LogP contribution in [-0.2, 0) is 0 Å². The number of thiophene rings is 1. The van der Waals surface area contributed by atoms with Gasteiger partial charge in [-0.05, 0) is 49.4 Å². The highest BCUT2D eigenvalue weighted by Crippen LogP contribution is 2.27. The van der Waals surface area contributed by atoms with Gasteiger partial charge in [-0.15, -0.1) is 0 Å². The number of carbonyl (C=O) groups is 1. The number of hydrogen-bond donors (Lipinski definition) is 1. The second-order valence-corrected chi connectivity index (χ2v) is 7.37. The first kappa shape index (κ1) is 16.7. The van der Waals surface area contributed by atoms with Gasteiger partial charge in [-0.1, -0.05) is 25.5 Å². The molecule has 3 nitrogen and oxygen atoms in total. The van der Waals surface area contributed by atoms with E-state index in [1.54, 1.807) is 11.3 Å². The molecule has 0 saturated heterocycles. The van der Waals surface area contributed by atoms with Crippen molar-refractivity contribution in [1.82, 2.24) is 10.3 Å². The van der Waals surface area contributed by atoms with Crippen LogP contribution in [0, 0.1) is 12.8 Å². The molecular weight excluding hydrogens is 316 g/mol. The van der Waals surface area contributed by atoms with Crippen molar-refractivity contribution < 1.29 is 4.79 Å². The molecule has 4 heteroatoms. The van der Waals surface area contributed by atoms with Crippen molar-refractivity contribution in [1.29, 1.82) is 0 Å². The topological polar surface area (TPSA) is 42.0 Å². The lowest BCUT2D eigenvalue weighted by Crippen LogP contribution is -2.36. The van der Waals surface area contributed by atoms with Crippen LogP contribution in [0.2, 0.25) is 0 Å². The Hall–Kier alpha value is -2.20. The Morgan fingerprint density at radius 3 is 2.62 bits per heavy atom. The first-order valence-electron chi connectivity index (χ1n) is 8.20. The number of nitrogens with one attached hydrogen (secondary N) is 1. The standard InChI is InChI=1S/C20H22N2OS/c1-12(2)14(4)21-20(23)17-10-19(15-7-8-24-11-15)22-18-6-5-13(3)9-16(17)18/h5-12,14H,1-4H3,(H,21,23). The molecule has 1 aromatic carbocycles. The highest BCUT2D eigenvalue weighted by molar-refractivity contribution is 7.08. The van der Waals surface area contributed by atoms with Gasteiger partial charge in [0.2, 0.25) is 0 Å². The number of fused-ring (bicyclic) bond motifs is 1. The highest BCUT2D eigenvalue weighted by Gasteiger charge is 2.17. The van der Waals surface area contributed by atoms with E-state index in [-0.39, 0.29) is 11.9 Å². The van der Waals surface area contributed by atoms with Crippen molar-refractivity contribution in [3.8, 4) is 11.3 Å². The summed E-state index contributed by atoms with van der Waals surface area (Å²) in [6.07, 6.45) is 0. The van der Waals surface area contributed by atoms with Gasteiger partial charge in [0.05, 0.1) is 16.8 Å². The van der Waals surface area contributed by atoms with Crippen molar-refractivity contribution in [2.24, 2.45) is 5.92 Å². The average molecular weight is 338 g/mol. The van der Waals surface area contributed by atoms with Crippen molar-refractivity contribution >= 4 is 28.1 Å². The number of hydrogen-bond acceptors (Lipinski definition) is 3. The number of aryl methyl sites for hydroxylation is 1. The zero-order valence-electron chi connectivity index (χ0n) is 14.5. The molecule has 0 fully saturated rings. The number of pyridine rings is 1. The van der Waals surface area contributed by atoms with E-state index in [2.05, 4.69) is 24.5 Å². The lowest BCUT2D eigenvalue weighted by molar-refractivity contribution is 0.0932. The Labute approximate surface area is 146 Å². The number of benzene rings is 1. The maximum absolute atomic E-state index is 12.9. The van der Waals surface area contributed by atoms with Gasteiger partial charge in [-0.2, -0.15) is 11.3 Å². The molecule has 3 aromatic rings. The van der Waals surface area contributed by atoms with Crippen LogP contribution in [0.4, 0.5) is 0 Å². The summed E-state index contributed by atoms with van der Waals surface area (Å²) in [6, 6.07) is 10.1. The summed E-state index contributed by atoms with van der Waals surface area (Å²) in [5.74, 6) is 0.353. The van der Waals surface area contributed by atoms with Crippen LogP contribution in [0.3, 0.4) is 0 Å². The second-order valence-electron chi connectivity index (χ2n) is 6.59. The van der Waals surface area contributed by atoms with Crippen molar-refractivity contribution in [3.63, 3.8) is 0 Å². The van der Waals surface area contributed by atoms with E-state index in [1.807, 2.05) is 49.6 Å². The number of rotatable bonds is 4. The predicted octanol–water partition coefficient (Wildman–Crippen LogP) is 5.05. The first-order valence-corrected chi connectivity index (χ1v) is 9.15. The summed E-state index contributed by atoms with van der Waals surface area (Å²) < 4.78 is 0. The molecule has 0 aliphatic rings. The Morgan fingerprint density at radius 2 is 1.96 bits per heavy atom. The van der Waals surface area contributed by atoms with E-state index >= 15 is 0 Å². The average Bonchev–Trinajstić information content (AvgIpc) is 3.08. The van der Waals surface area contributed by atoms with E-state index in [0.29, 0.717) is 11.5 Å².